The lowest BCUT2D eigenvalue weighted by Gasteiger charge is -2.29. The molecule has 0 bridgehead atoms. The molecule has 6 nitrogen and oxygen atoms in total. The normalized spacial score (nSPS) is 14.3. The van der Waals surface area contributed by atoms with Gasteiger partial charge in [-0.25, -0.2) is 9.97 Å². The van der Waals surface area contributed by atoms with Gasteiger partial charge in [0, 0.05) is 19.6 Å². The standard InChI is InChI=1S/C28H31BF6N4O2/c1-18(2)20-4-5-25(40-3)24(12-20)29-17-39(26-36-14-23(15-37-26)38-6-8-41-9-7-38)16-19-10-21(27(30,31)32)13-22(11-19)28(33,34)35/h4-5,10-15,18,29H,6-9,16-17H2,1-3H3. The van der Waals surface area contributed by atoms with Gasteiger partial charge in [0.2, 0.25) is 5.95 Å². The van der Waals surface area contributed by atoms with Crippen LogP contribution in [-0.4, -0.2) is 57.1 Å². The minimum absolute atomic E-state index is 0.129. The first-order valence-corrected chi connectivity index (χ1v) is 13.2. The highest BCUT2D eigenvalue weighted by molar-refractivity contribution is 6.55. The van der Waals surface area contributed by atoms with Gasteiger partial charge in [-0.05, 0) is 53.2 Å². The molecule has 4 rings (SSSR count). The van der Waals surface area contributed by atoms with Crippen molar-refractivity contribution in [3.05, 3.63) is 71.0 Å². The van der Waals surface area contributed by atoms with E-state index in [0.717, 1.165) is 28.8 Å². The van der Waals surface area contributed by atoms with Crippen molar-refractivity contribution in [2.75, 3.05) is 49.7 Å². The van der Waals surface area contributed by atoms with Crippen LogP contribution in [0.25, 0.3) is 0 Å². The van der Waals surface area contributed by atoms with Crippen molar-refractivity contribution in [2.45, 2.75) is 38.7 Å². The smallest absolute Gasteiger partial charge is 0.416 e. The number of aromatic nitrogens is 2. The van der Waals surface area contributed by atoms with E-state index in [1.54, 1.807) is 24.4 Å². The zero-order valence-electron chi connectivity index (χ0n) is 23.0. The van der Waals surface area contributed by atoms with E-state index in [-0.39, 0.29) is 36.5 Å². The van der Waals surface area contributed by atoms with E-state index in [1.807, 2.05) is 36.9 Å². The highest BCUT2D eigenvalue weighted by Crippen LogP contribution is 2.36. The summed E-state index contributed by atoms with van der Waals surface area (Å²) in [6.45, 7) is 6.26. The molecule has 1 fully saturated rings. The Morgan fingerprint density at radius 3 is 2.10 bits per heavy atom. The van der Waals surface area contributed by atoms with Crippen molar-refractivity contribution in [1.29, 1.82) is 0 Å². The van der Waals surface area contributed by atoms with Crippen LogP contribution in [-0.2, 0) is 23.6 Å². The van der Waals surface area contributed by atoms with E-state index in [9.17, 15) is 26.3 Å². The van der Waals surface area contributed by atoms with Crippen molar-refractivity contribution < 1.29 is 35.8 Å². The summed E-state index contributed by atoms with van der Waals surface area (Å²) < 4.78 is 92.1. The van der Waals surface area contributed by atoms with Gasteiger partial charge in [-0.1, -0.05) is 26.0 Å². The van der Waals surface area contributed by atoms with E-state index in [4.69, 9.17) is 9.47 Å². The maximum Gasteiger partial charge on any atom is 0.416 e. The Labute approximate surface area is 235 Å². The van der Waals surface area contributed by atoms with Crippen molar-refractivity contribution in [3.8, 4) is 5.75 Å². The molecule has 0 amide bonds. The van der Waals surface area contributed by atoms with E-state index in [0.29, 0.717) is 39.3 Å². The highest BCUT2D eigenvalue weighted by atomic mass is 19.4. The summed E-state index contributed by atoms with van der Waals surface area (Å²) in [5.74, 6) is 1.07. The molecule has 2 heterocycles. The van der Waals surface area contributed by atoms with Crippen LogP contribution in [0, 0.1) is 0 Å². The number of rotatable bonds is 9. The summed E-state index contributed by atoms with van der Waals surface area (Å²) in [6.07, 6.45) is -6.46. The third-order valence-corrected chi connectivity index (χ3v) is 6.93. The van der Waals surface area contributed by atoms with Crippen LogP contribution < -0.4 is 20.0 Å². The summed E-state index contributed by atoms with van der Waals surface area (Å²) >= 11 is 0. The Balaban J connectivity index is 1.68. The first-order chi connectivity index (χ1) is 19.3. The second kappa shape index (κ2) is 12.6. The van der Waals surface area contributed by atoms with Crippen molar-refractivity contribution in [1.82, 2.24) is 9.97 Å². The van der Waals surface area contributed by atoms with Crippen LogP contribution in [0.5, 0.6) is 5.75 Å². The van der Waals surface area contributed by atoms with Gasteiger partial charge in [0.05, 0.1) is 49.5 Å². The predicted molar refractivity (Wildman–Crippen MR) is 146 cm³/mol. The largest absolute Gasteiger partial charge is 0.497 e. The molecule has 1 aliphatic rings. The fourth-order valence-corrected chi connectivity index (χ4v) is 4.65. The van der Waals surface area contributed by atoms with Crippen molar-refractivity contribution in [2.24, 2.45) is 0 Å². The maximum absolute atomic E-state index is 13.5. The monoisotopic (exact) mass is 580 g/mol. The van der Waals surface area contributed by atoms with Gasteiger partial charge < -0.3 is 19.3 Å². The number of methoxy groups -OCH3 is 1. The lowest BCUT2D eigenvalue weighted by molar-refractivity contribution is -0.143. The first kappa shape index (κ1) is 30.5. The van der Waals surface area contributed by atoms with Crippen LogP contribution in [0.1, 0.15) is 42.0 Å². The fourth-order valence-electron chi connectivity index (χ4n) is 4.65. The quantitative estimate of drug-likeness (QED) is 0.256. The molecule has 2 aromatic carbocycles. The second-order valence-electron chi connectivity index (χ2n) is 10.2. The molecule has 220 valence electrons. The Kier molecular flexibility index (Phi) is 9.36. The van der Waals surface area contributed by atoms with Gasteiger partial charge in [0.1, 0.15) is 5.75 Å². The van der Waals surface area contributed by atoms with Crippen LogP contribution in [0.15, 0.2) is 48.8 Å². The molecule has 0 N–H and O–H groups in total. The third-order valence-electron chi connectivity index (χ3n) is 6.93. The molecule has 0 radical (unpaired) electrons. The van der Waals surface area contributed by atoms with Gasteiger partial charge in [-0.15, -0.1) is 0 Å². The lowest BCUT2D eigenvalue weighted by atomic mass is 9.68. The predicted octanol–water partition coefficient (Wildman–Crippen LogP) is 5.21. The Morgan fingerprint density at radius 1 is 0.951 bits per heavy atom. The minimum atomic E-state index is -4.94. The van der Waals surface area contributed by atoms with Gasteiger partial charge in [0.15, 0.2) is 7.28 Å². The van der Waals surface area contributed by atoms with Gasteiger partial charge in [-0.3, -0.25) is 0 Å². The van der Waals surface area contributed by atoms with Crippen LogP contribution in [0.2, 0.25) is 0 Å². The molecule has 41 heavy (non-hydrogen) atoms. The summed E-state index contributed by atoms with van der Waals surface area (Å²) in [6, 6.07) is 7.42. The molecule has 1 aromatic heterocycles. The average Bonchev–Trinajstić information content (AvgIpc) is 2.94. The Hall–Kier alpha value is -3.48. The zero-order valence-corrected chi connectivity index (χ0v) is 23.0. The van der Waals surface area contributed by atoms with Crippen LogP contribution >= 0.6 is 0 Å². The summed E-state index contributed by atoms with van der Waals surface area (Å²) in [5, 5.41) is 0. The summed E-state index contributed by atoms with van der Waals surface area (Å²) in [5.41, 5.74) is -0.202. The molecule has 13 heteroatoms. The molecule has 0 saturated carbocycles. The number of benzene rings is 2. The van der Waals surface area contributed by atoms with E-state index < -0.39 is 23.5 Å². The van der Waals surface area contributed by atoms with E-state index in [1.165, 1.54) is 0 Å². The highest BCUT2D eigenvalue weighted by Gasteiger charge is 2.37. The van der Waals surface area contributed by atoms with Crippen LogP contribution in [0.4, 0.5) is 38.0 Å². The van der Waals surface area contributed by atoms with Gasteiger partial charge in [-0.2, -0.15) is 26.3 Å². The number of nitrogens with zero attached hydrogens (tertiary/aromatic N) is 4. The number of ether oxygens (including phenoxy) is 2. The molecular formula is C28H31BF6N4O2. The molecule has 1 saturated heterocycles. The molecule has 0 spiro atoms. The van der Waals surface area contributed by atoms with Gasteiger partial charge >= 0.3 is 12.4 Å². The number of anilines is 2. The summed E-state index contributed by atoms with van der Waals surface area (Å²) in [7, 11) is 1.93. The maximum atomic E-state index is 13.5. The number of morpholine rings is 1. The molecular weight excluding hydrogens is 549 g/mol. The number of hydrogen-bond acceptors (Lipinski definition) is 6. The number of alkyl halides is 6. The lowest BCUT2D eigenvalue weighted by Crippen LogP contribution is -2.37. The second-order valence-corrected chi connectivity index (χ2v) is 10.2. The molecule has 3 aromatic rings. The SMILES string of the molecule is COc1ccc(C(C)C)cc1BCN(Cc1cc(C(F)(F)F)cc(C(F)(F)F)c1)c1ncc(N2CCOCC2)cn1. The minimum Gasteiger partial charge on any atom is -0.497 e. The molecule has 1 aliphatic heterocycles. The number of halogens is 6. The Morgan fingerprint density at radius 2 is 1.56 bits per heavy atom. The van der Waals surface area contributed by atoms with Gasteiger partial charge in [0.25, 0.3) is 0 Å². The van der Waals surface area contributed by atoms with E-state index >= 15 is 0 Å². The van der Waals surface area contributed by atoms with E-state index in [2.05, 4.69) is 9.97 Å². The fraction of sp³-hybridized carbons (Fsp3) is 0.429. The van der Waals surface area contributed by atoms with Crippen molar-refractivity contribution >= 4 is 24.4 Å². The summed E-state index contributed by atoms with van der Waals surface area (Å²) in [4.78, 5) is 12.5. The van der Waals surface area contributed by atoms with Crippen LogP contribution in [0.3, 0.4) is 0 Å². The van der Waals surface area contributed by atoms with Crippen molar-refractivity contribution in [3.63, 3.8) is 0 Å². The average molecular weight is 580 g/mol. The molecule has 0 atom stereocenters. The zero-order chi connectivity index (χ0) is 29.8. The third kappa shape index (κ3) is 7.84. The number of hydrogen-bond donors (Lipinski definition) is 0. The first-order valence-electron chi connectivity index (χ1n) is 13.2. The molecule has 0 aliphatic carbocycles. The topological polar surface area (TPSA) is 50.7 Å². The molecule has 0 unspecified atom stereocenters. The Bertz CT molecular complexity index is 1280.